The summed E-state index contributed by atoms with van der Waals surface area (Å²) in [5.41, 5.74) is 0. The maximum atomic E-state index is 2.62. The summed E-state index contributed by atoms with van der Waals surface area (Å²) in [6.45, 7) is 9.39. The van der Waals surface area contributed by atoms with Crippen molar-refractivity contribution in [1.29, 1.82) is 0 Å². The number of aryl methyl sites for hydroxylation is 2. The Hall–Kier alpha value is -0.790. The molecular weight excluding hydrogens is 460 g/mol. The Kier molecular flexibility index (Phi) is 25.7. The smallest absolute Gasteiger partial charge is 0.234 e. The first kappa shape index (κ1) is 35.2. The van der Waals surface area contributed by atoms with Gasteiger partial charge in [0.05, 0.1) is 13.1 Å². The van der Waals surface area contributed by atoms with Gasteiger partial charge in [-0.15, -0.1) is 0 Å². The molecule has 0 saturated heterocycles. The molecular formula is C36H71N2+. The normalized spacial score (nSPS) is 11.6. The molecule has 0 spiro atoms. The van der Waals surface area contributed by atoms with Crippen molar-refractivity contribution in [2.24, 2.45) is 0 Å². The average molecular weight is 532 g/mol. The minimum atomic E-state index is 1.23. The van der Waals surface area contributed by atoms with Crippen molar-refractivity contribution in [3.05, 3.63) is 18.2 Å². The third kappa shape index (κ3) is 20.2. The van der Waals surface area contributed by atoms with Crippen LogP contribution in [-0.4, -0.2) is 4.57 Å². The Morgan fingerprint density at radius 1 is 0.447 bits per heavy atom. The highest BCUT2D eigenvalue weighted by atomic mass is 15.1. The summed E-state index contributed by atoms with van der Waals surface area (Å²) >= 11 is 0. The molecule has 1 rings (SSSR count). The van der Waals surface area contributed by atoms with Gasteiger partial charge >= 0.3 is 0 Å². The molecule has 1 aromatic heterocycles. The highest BCUT2D eigenvalue weighted by Crippen LogP contribution is 2.15. The van der Waals surface area contributed by atoms with E-state index in [4.69, 9.17) is 0 Å². The monoisotopic (exact) mass is 532 g/mol. The largest absolute Gasteiger partial charge is 0.256 e. The average Bonchev–Trinajstić information content (AvgIpc) is 3.31. The van der Waals surface area contributed by atoms with Gasteiger partial charge in [-0.25, -0.2) is 9.13 Å². The molecule has 0 atom stereocenters. The lowest BCUT2D eigenvalue weighted by atomic mass is 10.0. The molecule has 0 aliphatic carbocycles. The molecule has 0 saturated carbocycles. The zero-order chi connectivity index (χ0) is 27.4. The molecule has 0 fully saturated rings. The lowest BCUT2D eigenvalue weighted by Gasteiger charge is -2.07. The maximum Gasteiger partial charge on any atom is 0.256 e. The van der Waals surface area contributed by atoms with Gasteiger partial charge in [-0.3, -0.25) is 0 Å². The van der Waals surface area contributed by atoms with E-state index in [1.54, 1.807) is 5.82 Å². The molecule has 1 aromatic rings. The van der Waals surface area contributed by atoms with Crippen LogP contribution >= 0.6 is 0 Å². The van der Waals surface area contributed by atoms with Crippen LogP contribution in [0.4, 0.5) is 0 Å². The van der Waals surface area contributed by atoms with E-state index in [0.717, 1.165) is 0 Å². The van der Waals surface area contributed by atoms with Gasteiger partial charge in [-0.05, 0) is 32.1 Å². The van der Waals surface area contributed by atoms with E-state index in [1.807, 2.05) is 0 Å². The fourth-order valence-corrected chi connectivity index (χ4v) is 5.97. The Morgan fingerprint density at radius 3 is 1.26 bits per heavy atom. The first-order valence-corrected chi connectivity index (χ1v) is 17.9. The summed E-state index contributed by atoms with van der Waals surface area (Å²) in [6, 6.07) is 0. The van der Waals surface area contributed by atoms with Gasteiger partial charge in [0.15, 0.2) is 0 Å². The second kappa shape index (κ2) is 27.8. The molecule has 38 heavy (non-hydrogen) atoms. The second-order valence-electron chi connectivity index (χ2n) is 12.3. The number of unbranched alkanes of at least 4 members (excludes halogenated alkanes) is 24. The Balaban J connectivity index is 2.28. The van der Waals surface area contributed by atoms with E-state index < -0.39 is 0 Å². The first-order valence-electron chi connectivity index (χ1n) is 17.9. The zero-order valence-electron chi connectivity index (χ0n) is 26.8. The van der Waals surface area contributed by atoms with Gasteiger partial charge < -0.3 is 0 Å². The highest BCUT2D eigenvalue weighted by Gasteiger charge is 2.16. The predicted molar refractivity (Wildman–Crippen MR) is 170 cm³/mol. The van der Waals surface area contributed by atoms with Crippen LogP contribution in [0.5, 0.6) is 0 Å². The zero-order valence-corrected chi connectivity index (χ0v) is 26.8. The molecule has 2 heteroatoms. The van der Waals surface area contributed by atoms with Crippen LogP contribution in [-0.2, 0) is 19.5 Å². The van der Waals surface area contributed by atoms with Crippen LogP contribution < -0.4 is 4.57 Å². The van der Waals surface area contributed by atoms with Crippen LogP contribution in [0.2, 0.25) is 0 Å². The standard InChI is InChI=1S/C36H71N2/c1-4-7-10-13-16-18-19-20-21-22-23-25-28-31-36-37(32-29-26-15-12-9-6-3)34-35-38(36)33-30-27-24-17-14-11-8-5-2/h34-35H,4-33H2,1-3H3/q+1. The van der Waals surface area contributed by atoms with Crippen molar-refractivity contribution in [2.45, 2.75) is 214 Å². The van der Waals surface area contributed by atoms with Crippen LogP contribution in [0, 0.1) is 0 Å². The summed E-state index contributed by atoms with van der Waals surface area (Å²) in [5, 5.41) is 0. The van der Waals surface area contributed by atoms with Crippen molar-refractivity contribution in [3.8, 4) is 0 Å². The van der Waals surface area contributed by atoms with Crippen molar-refractivity contribution >= 4 is 0 Å². The van der Waals surface area contributed by atoms with Gasteiger partial charge in [0, 0.05) is 6.42 Å². The van der Waals surface area contributed by atoms with Gasteiger partial charge in [0.2, 0.25) is 0 Å². The summed E-state index contributed by atoms with van der Waals surface area (Å²) in [6.07, 6.45) is 44.4. The minimum Gasteiger partial charge on any atom is -0.234 e. The van der Waals surface area contributed by atoms with Gasteiger partial charge in [-0.2, -0.15) is 0 Å². The highest BCUT2D eigenvalue weighted by molar-refractivity contribution is 4.84. The molecule has 1 heterocycles. The summed E-state index contributed by atoms with van der Waals surface area (Å²) in [7, 11) is 0. The molecule has 0 bridgehead atoms. The third-order valence-corrected chi connectivity index (χ3v) is 8.60. The molecule has 0 unspecified atom stereocenters. The lowest BCUT2D eigenvalue weighted by Crippen LogP contribution is -2.37. The van der Waals surface area contributed by atoms with Crippen molar-refractivity contribution in [2.75, 3.05) is 0 Å². The third-order valence-electron chi connectivity index (χ3n) is 8.60. The summed E-state index contributed by atoms with van der Waals surface area (Å²) in [4.78, 5) is 0. The van der Waals surface area contributed by atoms with E-state index in [1.165, 1.54) is 193 Å². The molecule has 0 radical (unpaired) electrons. The SMILES string of the molecule is CCCCCCCCCCCCCCCc1n(CCCCCCCC)cc[n+]1CCCCCCCCCC. The van der Waals surface area contributed by atoms with Crippen molar-refractivity contribution in [3.63, 3.8) is 0 Å². The van der Waals surface area contributed by atoms with Crippen molar-refractivity contribution < 1.29 is 4.57 Å². The summed E-state index contributed by atoms with van der Waals surface area (Å²) in [5.74, 6) is 1.62. The molecule has 2 nitrogen and oxygen atoms in total. The van der Waals surface area contributed by atoms with Crippen molar-refractivity contribution in [1.82, 2.24) is 4.57 Å². The number of aromatic nitrogens is 2. The van der Waals surface area contributed by atoms with Crippen LogP contribution in [0.15, 0.2) is 12.4 Å². The molecule has 0 N–H and O–H groups in total. The van der Waals surface area contributed by atoms with E-state index in [-0.39, 0.29) is 0 Å². The van der Waals surface area contributed by atoms with Crippen LogP contribution in [0.25, 0.3) is 0 Å². The number of rotatable bonds is 30. The van der Waals surface area contributed by atoms with E-state index in [9.17, 15) is 0 Å². The molecule has 0 aliphatic heterocycles. The van der Waals surface area contributed by atoms with Gasteiger partial charge in [0.1, 0.15) is 12.4 Å². The van der Waals surface area contributed by atoms with Gasteiger partial charge in [-0.1, -0.05) is 162 Å². The van der Waals surface area contributed by atoms with Gasteiger partial charge in [0.25, 0.3) is 5.82 Å². The summed E-state index contributed by atoms with van der Waals surface area (Å²) < 4.78 is 5.24. The first-order chi connectivity index (χ1) is 18.8. The molecule has 0 aromatic carbocycles. The lowest BCUT2D eigenvalue weighted by molar-refractivity contribution is -0.704. The fourth-order valence-electron chi connectivity index (χ4n) is 5.97. The Labute approximate surface area is 240 Å². The van der Waals surface area contributed by atoms with Crippen LogP contribution in [0.1, 0.15) is 200 Å². The van der Waals surface area contributed by atoms with E-state index in [2.05, 4.69) is 42.3 Å². The van der Waals surface area contributed by atoms with Crippen LogP contribution in [0.3, 0.4) is 0 Å². The topological polar surface area (TPSA) is 8.81 Å². The number of hydrogen-bond donors (Lipinski definition) is 0. The Bertz CT molecular complexity index is 590. The fraction of sp³-hybridized carbons (Fsp3) is 0.917. The molecule has 0 aliphatic rings. The minimum absolute atomic E-state index is 1.23. The predicted octanol–water partition coefficient (Wildman–Crippen LogP) is 11.9. The quantitative estimate of drug-likeness (QED) is 0.0689. The number of nitrogens with zero attached hydrogens (tertiary/aromatic N) is 2. The second-order valence-corrected chi connectivity index (χ2v) is 12.3. The van der Waals surface area contributed by atoms with E-state index >= 15 is 0 Å². The number of hydrogen-bond acceptors (Lipinski definition) is 0. The van der Waals surface area contributed by atoms with E-state index in [0.29, 0.717) is 0 Å². The number of imidazole rings is 1. The molecule has 0 amide bonds. The molecule has 224 valence electrons. The Morgan fingerprint density at radius 2 is 0.816 bits per heavy atom. The maximum absolute atomic E-state index is 2.62.